The van der Waals surface area contributed by atoms with Crippen LogP contribution in [0.4, 0.5) is 0 Å². The zero-order valence-electron chi connectivity index (χ0n) is 8.26. The molecule has 1 aromatic rings. The van der Waals surface area contributed by atoms with Crippen LogP contribution in [0.15, 0.2) is 12.4 Å². The summed E-state index contributed by atoms with van der Waals surface area (Å²) in [5.41, 5.74) is 1.32. The number of hydrogen-bond acceptors (Lipinski definition) is 2. The van der Waals surface area contributed by atoms with Crippen molar-refractivity contribution in [3.63, 3.8) is 0 Å². The van der Waals surface area contributed by atoms with E-state index in [1.807, 2.05) is 17.9 Å². The molecule has 1 rings (SSSR count). The van der Waals surface area contributed by atoms with Gasteiger partial charge >= 0.3 is 0 Å². The highest BCUT2D eigenvalue weighted by atomic mass is 15.3. The third-order valence-electron chi connectivity index (χ3n) is 1.70. The van der Waals surface area contributed by atoms with E-state index in [0.717, 1.165) is 6.54 Å². The van der Waals surface area contributed by atoms with Gasteiger partial charge in [0.25, 0.3) is 0 Å². The summed E-state index contributed by atoms with van der Waals surface area (Å²) in [5, 5.41) is 7.38. The highest BCUT2D eigenvalue weighted by molar-refractivity contribution is 5.04. The highest BCUT2D eigenvalue weighted by Crippen LogP contribution is 2.12. The second-order valence-corrected chi connectivity index (χ2v) is 3.99. The van der Waals surface area contributed by atoms with Gasteiger partial charge < -0.3 is 5.32 Å². The SMILES string of the molecule is CNCc1cnn(C(C)(C)C)c1. The van der Waals surface area contributed by atoms with Crippen LogP contribution in [0, 0.1) is 0 Å². The first-order valence-electron chi connectivity index (χ1n) is 4.22. The number of rotatable bonds is 2. The molecular weight excluding hydrogens is 150 g/mol. The van der Waals surface area contributed by atoms with E-state index < -0.39 is 0 Å². The predicted molar refractivity (Wildman–Crippen MR) is 50.0 cm³/mol. The fourth-order valence-electron chi connectivity index (χ4n) is 1.02. The summed E-state index contributed by atoms with van der Waals surface area (Å²) < 4.78 is 1.99. The summed E-state index contributed by atoms with van der Waals surface area (Å²) in [4.78, 5) is 0. The molecule has 0 atom stereocenters. The highest BCUT2D eigenvalue weighted by Gasteiger charge is 2.13. The van der Waals surface area contributed by atoms with E-state index in [1.54, 1.807) is 0 Å². The minimum Gasteiger partial charge on any atom is -0.316 e. The third kappa shape index (κ3) is 2.08. The van der Waals surface area contributed by atoms with E-state index in [1.165, 1.54) is 5.56 Å². The van der Waals surface area contributed by atoms with Crippen molar-refractivity contribution in [2.24, 2.45) is 0 Å². The van der Waals surface area contributed by atoms with Crippen molar-refractivity contribution >= 4 is 0 Å². The molecule has 0 aliphatic carbocycles. The molecule has 0 saturated heterocycles. The summed E-state index contributed by atoms with van der Waals surface area (Å²) >= 11 is 0. The van der Waals surface area contributed by atoms with E-state index >= 15 is 0 Å². The van der Waals surface area contributed by atoms with Crippen molar-refractivity contribution in [1.82, 2.24) is 15.1 Å². The molecule has 68 valence electrons. The lowest BCUT2D eigenvalue weighted by Gasteiger charge is -2.18. The first-order chi connectivity index (χ1) is 5.54. The van der Waals surface area contributed by atoms with Gasteiger partial charge in [-0.05, 0) is 27.8 Å². The van der Waals surface area contributed by atoms with Gasteiger partial charge in [0.05, 0.1) is 11.7 Å². The molecule has 0 aliphatic heterocycles. The van der Waals surface area contributed by atoms with Gasteiger partial charge in [-0.3, -0.25) is 4.68 Å². The van der Waals surface area contributed by atoms with Crippen molar-refractivity contribution in [3.05, 3.63) is 18.0 Å². The van der Waals surface area contributed by atoms with Crippen molar-refractivity contribution in [2.75, 3.05) is 7.05 Å². The topological polar surface area (TPSA) is 29.9 Å². The van der Waals surface area contributed by atoms with Gasteiger partial charge in [0.1, 0.15) is 0 Å². The maximum absolute atomic E-state index is 4.28. The normalized spacial score (nSPS) is 12.0. The second kappa shape index (κ2) is 3.27. The zero-order valence-corrected chi connectivity index (χ0v) is 8.26. The number of nitrogens with zero attached hydrogens (tertiary/aromatic N) is 2. The Kier molecular flexibility index (Phi) is 2.52. The van der Waals surface area contributed by atoms with Gasteiger partial charge in [0.15, 0.2) is 0 Å². The van der Waals surface area contributed by atoms with Crippen LogP contribution in [0.1, 0.15) is 26.3 Å². The molecule has 0 bridgehead atoms. The standard InChI is InChI=1S/C9H17N3/c1-9(2,3)12-7-8(5-10-4)6-11-12/h6-7,10H,5H2,1-4H3. The lowest BCUT2D eigenvalue weighted by atomic mass is 10.1. The largest absolute Gasteiger partial charge is 0.316 e. The van der Waals surface area contributed by atoms with Gasteiger partial charge in [-0.15, -0.1) is 0 Å². The molecule has 0 spiro atoms. The van der Waals surface area contributed by atoms with E-state index in [2.05, 4.69) is 37.4 Å². The molecule has 1 aromatic heterocycles. The molecule has 1 heterocycles. The third-order valence-corrected chi connectivity index (χ3v) is 1.70. The Hall–Kier alpha value is -0.830. The Morgan fingerprint density at radius 3 is 2.58 bits per heavy atom. The number of aromatic nitrogens is 2. The fourth-order valence-corrected chi connectivity index (χ4v) is 1.02. The molecule has 0 aliphatic rings. The van der Waals surface area contributed by atoms with Crippen molar-refractivity contribution in [2.45, 2.75) is 32.9 Å². The van der Waals surface area contributed by atoms with Crippen molar-refractivity contribution in [3.8, 4) is 0 Å². The van der Waals surface area contributed by atoms with Crippen LogP contribution in [0.3, 0.4) is 0 Å². The average molecular weight is 167 g/mol. The molecule has 0 saturated carbocycles. The van der Waals surface area contributed by atoms with Crippen molar-refractivity contribution < 1.29 is 0 Å². The Morgan fingerprint density at radius 2 is 2.17 bits per heavy atom. The van der Waals surface area contributed by atoms with Crippen LogP contribution in [0.2, 0.25) is 0 Å². The van der Waals surface area contributed by atoms with Crippen LogP contribution in [0.5, 0.6) is 0 Å². The molecule has 0 fully saturated rings. The summed E-state index contributed by atoms with van der Waals surface area (Å²) in [5.74, 6) is 0. The molecule has 3 heteroatoms. The monoisotopic (exact) mass is 167 g/mol. The van der Waals surface area contributed by atoms with Crippen LogP contribution >= 0.6 is 0 Å². The van der Waals surface area contributed by atoms with E-state index in [9.17, 15) is 0 Å². The predicted octanol–water partition coefficient (Wildman–Crippen LogP) is 1.36. The minimum absolute atomic E-state index is 0.0893. The molecule has 0 radical (unpaired) electrons. The van der Waals surface area contributed by atoms with Crippen molar-refractivity contribution in [1.29, 1.82) is 0 Å². The smallest absolute Gasteiger partial charge is 0.0543 e. The van der Waals surface area contributed by atoms with E-state index in [0.29, 0.717) is 0 Å². The quantitative estimate of drug-likeness (QED) is 0.720. The molecule has 1 N–H and O–H groups in total. The first-order valence-corrected chi connectivity index (χ1v) is 4.22. The molecule has 0 aromatic carbocycles. The second-order valence-electron chi connectivity index (χ2n) is 3.99. The lowest BCUT2D eigenvalue weighted by molar-refractivity contribution is 0.355. The van der Waals surface area contributed by atoms with Gasteiger partial charge in [0.2, 0.25) is 0 Å². The summed E-state index contributed by atoms with van der Waals surface area (Å²) in [6.45, 7) is 7.31. The maximum atomic E-state index is 4.28. The van der Waals surface area contributed by atoms with Crippen LogP contribution in [-0.4, -0.2) is 16.8 Å². The molecule has 3 nitrogen and oxygen atoms in total. The maximum Gasteiger partial charge on any atom is 0.0543 e. The Bertz CT molecular complexity index is 245. The van der Waals surface area contributed by atoms with Crippen LogP contribution in [0.25, 0.3) is 0 Å². The summed E-state index contributed by atoms with van der Waals surface area (Å²) in [7, 11) is 1.94. The minimum atomic E-state index is 0.0893. The fraction of sp³-hybridized carbons (Fsp3) is 0.667. The van der Waals surface area contributed by atoms with Crippen LogP contribution < -0.4 is 5.32 Å². The number of hydrogen-bond donors (Lipinski definition) is 1. The molecular formula is C9H17N3. The average Bonchev–Trinajstić information content (AvgIpc) is 2.35. The number of nitrogens with one attached hydrogen (secondary N) is 1. The van der Waals surface area contributed by atoms with Gasteiger partial charge in [-0.2, -0.15) is 5.10 Å². The Balaban J connectivity index is 2.77. The van der Waals surface area contributed by atoms with Gasteiger partial charge in [-0.25, -0.2) is 0 Å². The molecule has 0 unspecified atom stereocenters. The Labute approximate surface area is 73.8 Å². The van der Waals surface area contributed by atoms with E-state index in [4.69, 9.17) is 0 Å². The van der Waals surface area contributed by atoms with Gasteiger partial charge in [0, 0.05) is 18.3 Å². The van der Waals surface area contributed by atoms with Gasteiger partial charge in [-0.1, -0.05) is 0 Å². The lowest BCUT2D eigenvalue weighted by Crippen LogP contribution is -2.22. The summed E-state index contributed by atoms with van der Waals surface area (Å²) in [6.07, 6.45) is 3.98. The summed E-state index contributed by atoms with van der Waals surface area (Å²) in [6, 6.07) is 0. The van der Waals surface area contributed by atoms with E-state index in [-0.39, 0.29) is 5.54 Å². The zero-order chi connectivity index (χ0) is 9.19. The molecule has 12 heavy (non-hydrogen) atoms. The molecule has 0 amide bonds. The first kappa shape index (κ1) is 9.26. The van der Waals surface area contributed by atoms with Crippen LogP contribution in [-0.2, 0) is 12.1 Å². The Morgan fingerprint density at radius 1 is 1.50 bits per heavy atom.